The number of rotatable bonds is 3. The van der Waals surface area contributed by atoms with Crippen molar-refractivity contribution in [2.75, 3.05) is 5.73 Å². The third-order valence-corrected chi connectivity index (χ3v) is 2.53. The molecule has 1 heterocycles. The number of nitrogens with zero attached hydrogens (tertiary/aromatic N) is 4. The van der Waals surface area contributed by atoms with E-state index in [0.29, 0.717) is 10.7 Å². The van der Waals surface area contributed by atoms with E-state index in [1.54, 1.807) is 22.9 Å². The first-order chi connectivity index (χ1) is 7.72. The summed E-state index contributed by atoms with van der Waals surface area (Å²) >= 11 is 6.09. The van der Waals surface area contributed by atoms with Gasteiger partial charge in [0.25, 0.3) is 0 Å². The highest BCUT2D eigenvalue weighted by atomic mass is 35.5. The molecule has 84 valence electrons. The van der Waals surface area contributed by atoms with Gasteiger partial charge in [0.1, 0.15) is 0 Å². The molecule has 0 saturated heterocycles. The molecule has 0 spiro atoms. The van der Waals surface area contributed by atoms with Crippen molar-refractivity contribution in [1.82, 2.24) is 20.2 Å². The average molecular weight is 238 g/mol. The Hall–Kier alpha value is -1.62. The number of benzene rings is 1. The minimum absolute atomic E-state index is 0.582. The summed E-state index contributed by atoms with van der Waals surface area (Å²) in [5, 5.41) is 12.1. The van der Waals surface area contributed by atoms with Crippen LogP contribution in [0.1, 0.15) is 19.2 Å². The fourth-order valence-corrected chi connectivity index (χ4v) is 1.66. The van der Waals surface area contributed by atoms with Crippen LogP contribution in [0.4, 0.5) is 5.69 Å². The molecular weight excluding hydrogens is 226 g/mol. The van der Waals surface area contributed by atoms with Gasteiger partial charge in [0.05, 0.1) is 10.7 Å². The van der Waals surface area contributed by atoms with Crippen LogP contribution in [0.25, 0.3) is 5.69 Å². The zero-order valence-corrected chi connectivity index (χ0v) is 9.65. The summed E-state index contributed by atoms with van der Waals surface area (Å²) < 4.78 is 1.63. The zero-order valence-electron chi connectivity index (χ0n) is 8.89. The van der Waals surface area contributed by atoms with Gasteiger partial charge in [-0.05, 0) is 35.0 Å². The summed E-state index contributed by atoms with van der Waals surface area (Å²) in [7, 11) is 0. The molecule has 2 rings (SSSR count). The second-order valence-corrected chi connectivity index (χ2v) is 3.87. The Balaban J connectivity index is 2.49. The van der Waals surface area contributed by atoms with Crippen LogP contribution in [0.3, 0.4) is 0 Å². The zero-order chi connectivity index (χ0) is 11.5. The first-order valence-corrected chi connectivity index (χ1v) is 5.43. The number of nitrogens with two attached hydrogens (primary N) is 1. The molecular formula is C10H12ClN5. The molecule has 1 aromatic carbocycles. The van der Waals surface area contributed by atoms with Crippen LogP contribution in [0.15, 0.2) is 18.2 Å². The maximum Gasteiger partial charge on any atom is 0.156 e. The predicted molar refractivity (Wildman–Crippen MR) is 62.6 cm³/mol. The summed E-state index contributed by atoms with van der Waals surface area (Å²) in [6, 6.07) is 5.25. The van der Waals surface area contributed by atoms with Crippen LogP contribution in [0.5, 0.6) is 0 Å². The molecule has 2 aromatic rings. The quantitative estimate of drug-likeness (QED) is 0.828. The molecule has 0 unspecified atom stereocenters. The Kier molecular flexibility index (Phi) is 3.05. The fraction of sp³-hybridized carbons (Fsp3) is 0.300. The summed E-state index contributed by atoms with van der Waals surface area (Å²) in [5.41, 5.74) is 7.07. The summed E-state index contributed by atoms with van der Waals surface area (Å²) in [5.74, 6) is 0.787. The number of tetrazole rings is 1. The number of hydrogen-bond donors (Lipinski definition) is 1. The number of halogens is 1. The van der Waals surface area contributed by atoms with Gasteiger partial charge in [0.2, 0.25) is 0 Å². The number of nitrogen functional groups attached to an aromatic ring is 1. The Labute approximate surface area is 98.2 Å². The van der Waals surface area contributed by atoms with Gasteiger partial charge in [0, 0.05) is 12.1 Å². The van der Waals surface area contributed by atoms with Gasteiger partial charge in [-0.15, -0.1) is 5.10 Å². The predicted octanol–water partition coefficient (Wildman–Crippen LogP) is 1.85. The number of anilines is 1. The van der Waals surface area contributed by atoms with Gasteiger partial charge in [-0.2, -0.15) is 4.68 Å². The lowest BCUT2D eigenvalue weighted by Gasteiger charge is -2.06. The van der Waals surface area contributed by atoms with Crippen LogP contribution in [0.2, 0.25) is 5.02 Å². The molecule has 0 aliphatic carbocycles. The maximum atomic E-state index is 6.09. The van der Waals surface area contributed by atoms with Crippen LogP contribution in [-0.4, -0.2) is 20.2 Å². The topological polar surface area (TPSA) is 69.6 Å². The lowest BCUT2D eigenvalue weighted by atomic mass is 10.2. The van der Waals surface area contributed by atoms with Crippen LogP contribution >= 0.6 is 11.6 Å². The van der Waals surface area contributed by atoms with Crippen molar-refractivity contribution in [2.24, 2.45) is 0 Å². The first-order valence-electron chi connectivity index (χ1n) is 5.05. The van der Waals surface area contributed by atoms with E-state index in [2.05, 4.69) is 22.4 Å². The van der Waals surface area contributed by atoms with Crippen molar-refractivity contribution >= 4 is 17.3 Å². The summed E-state index contributed by atoms with van der Waals surface area (Å²) in [4.78, 5) is 0. The van der Waals surface area contributed by atoms with Crippen molar-refractivity contribution < 1.29 is 0 Å². The van der Waals surface area contributed by atoms with E-state index < -0.39 is 0 Å². The molecule has 0 fully saturated rings. The van der Waals surface area contributed by atoms with E-state index in [1.807, 2.05) is 0 Å². The second kappa shape index (κ2) is 4.49. The van der Waals surface area contributed by atoms with Crippen molar-refractivity contribution in [1.29, 1.82) is 0 Å². The second-order valence-electron chi connectivity index (χ2n) is 3.47. The SMILES string of the molecule is CCCc1nnnn1-c1cc(N)ccc1Cl. The first kappa shape index (κ1) is 10.9. The molecule has 5 nitrogen and oxygen atoms in total. The van der Waals surface area contributed by atoms with Crippen molar-refractivity contribution in [2.45, 2.75) is 19.8 Å². The molecule has 0 aliphatic heterocycles. The molecule has 0 radical (unpaired) electrons. The van der Waals surface area contributed by atoms with Gasteiger partial charge in [0.15, 0.2) is 5.82 Å². The Morgan fingerprint density at radius 2 is 2.25 bits per heavy atom. The number of aryl methyl sites for hydroxylation is 1. The van der Waals surface area contributed by atoms with Crippen molar-refractivity contribution in [3.63, 3.8) is 0 Å². The highest BCUT2D eigenvalue weighted by molar-refractivity contribution is 6.32. The third kappa shape index (κ3) is 1.99. The Morgan fingerprint density at radius 1 is 1.44 bits per heavy atom. The van der Waals surface area contributed by atoms with Gasteiger partial charge in [-0.25, -0.2) is 0 Å². The van der Waals surface area contributed by atoms with Gasteiger partial charge in [-0.1, -0.05) is 18.5 Å². The van der Waals surface area contributed by atoms with Gasteiger partial charge >= 0.3 is 0 Å². The minimum atomic E-state index is 0.582. The van der Waals surface area contributed by atoms with E-state index in [1.165, 1.54) is 0 Å². The molecule has 0 bridgehead atoms. The van der Waals surface area contributed by atoms with Crippen LogP contribution in [-0.2, 0) is 6.42 Å². The molecule has 0 atom stereocenters. The Bertz CT molecular complexity index is 494. The Morgan fingerprint density at radius 3 is 3.00 bits per heavy atom. The summed E-state index contributed by atoms with van der Waals surface area (Å²) in [6.07, 6.45) is 1.78. The molecule has 0 aliphatic rings. The molecule has 2 N–H and O–H groups in total. The number of hydrogen-bond acceptors (Lipinski definition) is 4. The van der Waals surface area contributed by atoms with Crippen molar-refractivity contribution in [3.05, 3.63) is 29.0 Å². The van der Waals surface area contributed by atoms with Crippen LogP contribution < -0.4 is 5.73 Å². The van der Waals surface area contributed by atoms with E-state index in [0.717, 1.165) is 24.4 Å². The highest BCUT2D eigenvalue weighted by Gasteiger charge is 2.10. The standard InChI is InChI=1S/C10H12ClN5/c1-2-3-10-13-14-15-16(10)9-6-7(12)4-5-8(9)11/h4-6H,2-3,12H2,1H3. The highest BCUT2D eigenvalue weighted by Crippen LogP contribution is 2.23. The summed E-state index contributed by atoms with van der Waals surface area (Å²) in [6.45, 7) is 2.07. The lowest BCUT2D eigenvalue weighted by molar-refractivity contribution is 0.745. The largest absolute Gasteiger partial charge is 0.399 e. The average Bonchev–Trinajstić information content (AvgIpc) is 2.70. The molecule has 0 amide bonds. The van der Waals surface area contributed by atoms with Crippen molar-refractivity contribution in [3.8, 4) is 5.69 Å². The molecule has 6 heteroatoms. The maximum absolute atomic E-state index is 6.09. The van der Waals surface area contributed by atoms with E-state index >= 15 is 0 Å². The number of aromatic nitrogens is 4. The van der Waals surface area contributed by atoms with Gasteiger partial charge < -0.3 is 5.73 Å². The molecule has 0 saturated carbocycles. The fourth-order valence-electron chi connectivity index (χ4n) is 1.46. The van der Waals surface area contributed by atoms with E-state index in [-0.39, 0.29) is 0 Å². The normalized spacial score (nSPS) is 10.6. The molecule has 1 aromatic heterocycles. The lowest BCUT2D eigenvalue weighted by Crippen LogP contribution is -2.04. The molecule has 16 heavy (non-hydrogen) atoms. The van der Waals surface area contributed by atoms with E-state index in [9.17, 15) is 0 Å². The minimum Gasteiger partial charge on any atom is -0.399 e. The smallest absolute Gasteiger partial charge is 0.156 e. The van der Waals surface area contributed by atoms with Crippen LogP contribution in [0, 0.1) is 0 Å². The monoisotopic (exact) mass is 237 g/mol. The van der Waals surface area contributed by atoms with E-state index in [4.69, 9.17) is 17.3 Å². The third-order valence-electron chi connectivity index (χ3n) is 2.21. The van der Waals surface area contributed by atoms with Gasteiger partial charge in [-0.3, -0.25) is 0 Å².